The number of hydrogen-bond donors (Lipinski definition) is 10. The van der Waals surface area contributed by atoms with Crippen molar-refractivity contribution in [2.45, 2.75) is 124 Å². The number of aliphatic imine (C=N–C) groups is 2. The maximum atomic E-state index is 14.5. The second kappa shape index (κ2) is 24.5. The van der Waals surface area contributed by atoms with Gasteiger partial charge in [-0.3, -0.25) is 34.1 Å². The van der Waals surface area contributed by atoms with E-state index in [4.69, 9.17) is 32.9 Å². The number of carbonyl (C=O) groups is 5. The van der Waals surface area contributed by atoms with Crippen LogP contribution in [-0.4, -0.2) is 95.6 Å². The van der Waals surface area contributed by atoms with E-state index in [9.17, 15) is 34.2 Å². The van der Waals surface area contributed by atoms with Crippen molar-refractivity contribution in [1.82, 2.24) is 30.2 Å². The molecule has 6 heterocycles. The number of aliphatic carboxylic acids is 2. The molecule has 0 aliphatic carbocycles. The summed E-state index contributed by atoms with van der Waals surface area (Å²) in [7, 11) is 0. The Hall–Kier alpha value is -8.35. The van der Waals surface area contributed by atoms with E-state index in [0.29, 0.717) is 41.1 Å². The summed E-state index contributed by atoms with van der Waals surface area (Å²) in [4.78, 5) is 97.5. The molecular weight excluding hydrogens is 977 g/mol. The molecule has 0 saturated heterocycles. The van der Waals surface area contributed by atoms with Crippen molar-refractivity contribution < 1.29 is 34.2 Å². The smallest absolute Gasteiger partial charge is 0.338 e. The fraction of sp³-hybridized carbons (Fsp3) is 0.397. The number of aromatic amines is 3. The topological polar surface area (TPSA) is 340 Å². The molecule has 7 rings (SSSR count). The predicted octanol–water partition coefficient (Wildman–Crippen LogP) is 7.68. The van der Waals surface area contributed by atoms with E-state index < -0.39 is 41.5 Å². The molecule has 4 aromatic heterocycles. The standard InChI is InChI=1S/C58H72N12O7/c1-8-38-29(3)44-25-46-31(5)40(52(68-46)33(7)53-51(56(76)77)32(6)47(69-53)27-49-39(9-2)30(4)45(67-49)26-48(38)66-44)19-18-37(71)23-34(14-12-20-63-57(59)60)54(73)70-43(17-13-21-64-58(61)62)50(72)24-35(55(74)75)22-36-28-65-42-16-11-10-15-41(36)42/h8,10-11,15-16,25-28,31,34-35,40,43,65-67H,1,9,12-14,17-24H2,2-7H3,(H,70,73)(H,74,75)(H,76,77)(H4,59,60,63)(H4,61,62,64)/t31-,34+,35+,40-,43-/m0/s1. The number of hydrogen-bond acceptors (Lipinski definition) is 9. The maximum absolute atomic E-state index is 14.5. The molecule has 14 N–H and O–H groups in total. The van der Waals surface area contributed by atoms with Gasteiger partial charge in [0.15, 0.2) is 17.7 Å². The summed E-state index contributed by atoms with van der Waals surface area (Å²) >= 11 is 0. The van der Waals surface area contributed by atoms with Crippen LogP contribution in [0.4, 0.5) is 0 Å². The Balaban J connectivity index is 1.20. The summed E-state index contributed by atoms with van der Waals surface area (Å²) in [6, 6.07) is 12.3. The number of H-pyrrole nitrogens is 3. The number of ketones is 2. The summed E-state index contributed by atoms with van der Waals surface area (Å²) in [6.45, 7) is 16.3. The van der Waals surface area contributed by atoms with Gasteiger partial charge in [-0.25, -0.2) is 9.78 Å². The first kappa shape index (κ1) is 56.4. The molecule has 5 atom stereocenters. The molecule has 1 aromatic carbocycles. The van der Waals surface area contributed by atoms with Gasteiger partial charge >= 0.3 is 11.9 Å². The highest BCUT2D eigenvalue weighted by Gasteiger charge is 2.35. The minimum atomic E-state index is -1.16. The molecule has 19 nitrogen and oxygen atoms in total. The molecule has 77 heavy (non-hydrogen) atoms. The molecule has 19 heteroatoms. The number of carboxylic acids is 2. The third kappa shape index (κ3) is 12.8. The van der Waals surface area contributed by atoms with Gasteiger partial charge in [0.2, 0.25) is 5.91 Å². The zero-order valence-electron chi connectivity index (χ0n) is 44.8. The van der Waals surface area contributed by atoms with E-state index in [0.717, 1.165) is 72.9 Å². The van der Waals surface area contributed by atoms with Crippen LogP contribution in [0.1, 0.15) is 140 Å². The third-order valence-electron chi connectivity index (χ3n) is 15.3. The van der Waals surface area contributed by atoms with Crippen molar-refractivity contribution in [3.8, 4) is 0 Å². The van der Waals surface area contributed by atoms with Crippen LogP contribution >= 0.6 is 0 Å². The average Bonchev–Trinajstić information content (AvgIpc) is 4.21. The van der Waals surface area contributed by atoms with Crippen LogP contribution in [0.15, 0.2) is 65.2 Å². The van der Waals surface area contributed by atoms with E-state index in [1.165, 1.54) is 0 Å². The highest BCUT2D eigenvalue weighted by molar-refractivity contribution is 6.24. The van der Waals surface area contributed by atoms with Gasteiger partial charge in [0.05, 0.1) is 28.9 Å². The molecule has 2 aliphatic rings. The SMILES string of the molecule is C=Cc1c(C)c2cc3nc(c(C)c4nc(cc5[nH]c(cc1[nH]2)c(C)c5CC)C(C)=C4C(=O)O)[C@@H](CCC(=O)C[C@@H](CCCN=C(N)N)C(=O)N[C@@H](CCCN=C(N)N)C(=O)C[C@@H](Cc1c[nH]c2ccccc12)C(=O)O)[C@@H]3C. The lowest BCUT2D eigenvalue weighted by atomic mass is 9.83. The predicted molar refractivity (Wildman–Crippen MR) is 303 cm³/mol. The number of fused-ring (bicyclic) bond motifs is 9. The number of nitrogens with two attached hydrogens (primary N) is 4. The van der Waals surface area contributed by atoms with Crippen LogP contribution in [-0.2, 0) is 36.8 Å². The van der Waals surface area contributed by atoms with E-state index in [-0.39, 0.29) is 93.1 Å². The van der Waals surface area contributed by atoms with Gasteiger partial charge in [0.1, 0.15) is 5.78 Å². The molecule has 5 aromatic rings. The van der Waals surface area contributed by atoms with Crippen LogP contribution in [0, 0.1) is 32.6 Å². The Morgan fingerprint density at radius 3 is 2.16 bits per heavy atom. The average molecular weight is 1050 g/mol. The van der Waals surface area contributed by atoms with Gasteiger partial charge in [-0.1, -0.05) is 44.7 Å². The molecule has 0 unspecified atom stereocenters. The summed E-state index contributed by atoms with van der Waals surface area (Å²) in [5.74, 6) is -6.42. The van der Waals surface area contributed by atoms with Gasteiger partial charge in [-0.2, -0.15) is 0 Å². The molecule has 0 saturated carbocycles. The van der Waals surface area contributed by atoms with E-state index >= 15 is 0 Å². The van der Waals surface area contributed by atoms with Gasteiger partial charge in [0, 0.05) is 106 Å². The fourth-order valence-electron chi connectivity index (χ4n) is 10.9. The molecule has 0 radical (unpaired) electrons. The minimum absolute atomic E-state index is 0.0366. The fourth-order valence-corrected chi connectivity index (χ4v) is 10.9. The Kier molecular flexibility index (Phi) is 18.0. The van der Waals surface area contributed by atoms with Gasteiger partial charge in [-0.15, -0.1) is 0 Å². The summed E-state index contributed by atoms with van der Waals surface area (Å²) < 4.78 is 0. The number of Topliss-reactive ketones (excluding diaryl/α,β-unsaturated/α-hetero) is 2. The first-order valence-electron chi connectivity index (χ1n) is 26.2. The number of benzene rings is 1. The zero-order valence-corrected chi connectivity index (χ0v) is 44.8. The second-order valence-corrected chi connectivity index (χ2v) is 20.3. The van der Waals surface area contributed by atoms with Crippen molar-refractivity contribution in [2.75, 3.05) is 13.1 Å². The number of aromatic nitrogens is 5. The first-order valence-corrected chi connectivity index (χ1v) is 26.2. The number of nitrogens with one attached hydrogen (secondary N) is 4. The summed E-state index contributed by atoms with van der Waals surface area (Å²) in [6.07, 6.45) is 5.08. The lowest BCUT2D eigenvalue weighted by Crippen LogP contribution is -2.45. The van der Waals surface area contributed by atoms with Crippen molar-refractivity contribution >= 4 is 91.5 Å². The zero-order chi connectivity index (χ0) is 55.8. The summed E-state index contributed by atoms with van der Waals surface area (Å²) in [5, 5.41) is 24.8. The molecule has 2 aliphatic heterocycles. The number of guanidine groups is 2. The van der Waals surface area contributed by atoms with Gasteiger partial charge < -0.3 is 53.4 Å². The number of rotatable bonds is 24. The third-order valence-corrected chi connectivity index (χ3v) is 15.3. The molecule has 406 valence electrons. The number of para-hydroxylation sites is 1. The van der Waals surface area contributed by atoms with Crippen molar-refractivity contribution in [2.24, 2.45) is 44.8 Å². The lowest BCUT2D eigenvalue weighted by molar-refractivity contribution is -0.144. The molecular formula is C58H72N12O7. The Bertz CT molecular complexity index is 3390. The molecule has 1 amide bonds. The molecule has 0 fully saturated rings. The van der Waals surface area contributed by atoms with Crippen LogP contribution in [0.2, 0.25) is 0 Å². The number of amides is 1. The van der Waals surface area contributed by atoms with E-state index in [1.807, 2.05) is 63.2 Å². The maximum Gasteiger partial charge on any atom is 0.338 e. The quantitative estimate of drug-likeness (QED) is 0.0161. The molecule has 0 spiro atoms. The van der Waals surface area contributed by atoms with Crippen molar-refractivity contribution in [3.63, 3.8) is 0 Å². The van der Waals surface area contributed by atoms with Crippen LogP contribution < -0.4 is 28.3 Å². The highest BCUT2D eigenvalue weighted by atomic mass is 16.4. The number of carbonyl (C=O) groups excluding carboxylic acids is 3. The summed E-state index contributed by atoms with van der Waals surface area (Å²) in [5.41, 5.74) is 34.7. The number of aryl methyl sites for hydroxylation is 3. The number of allylic oxidation sites excluding steroid dienone is 1. The van der Waals surface area contributed by atoms with Crippen LogP contribution in [0.25, 0.3) is 50.2 Å². The monoisotopic (exact) mass is 1050 g/mol. The Labute approximate surface area is 447 Å². The van der Waals surface area contributed by atoms with Crippen LogP contribution in [0.5, 0.6) is 0 Å². The second-order valence-electron chi connectivity index (χ2n) is 20.3. The molecule has 8 bridgehead atoms. The van der Waals surface area contributed by atoms with Crippen molar-refractivity contribution in [3.05, 3.63) is 111 Å². The van der Waals surface area contributed by atoms with E-state index in [2.05, 4.69) is 56.7 Å². The Morgan fingerprint density at radius 2 is 1.49 bits per heavy atom. The van der Waals surface area contributed by atoms with Crippen LogP contribution in [0.3, 0.4) is 0 Å². The van der Waals surface area contributed by atoms with E-state index in [1.54, 1.807) is 13.1 Å². The largest absolute Gasteiger partial charge is 0.481 e. The lowest BCUT2D eigenvalue weighted by Gasteiger charge is -2.23. The first-order chi connectivity index (χ1) is 36.7. The van der Waals surface area contributed by atoms with Gasteiger partial charge in [0.25, 0.3) is 0 Å². The highest BCUT2D eigenvalue weighted by Crippen LogP contribution is 2.43. The Morgan fingerprint density at radius 1 is 0.818 bits per heavy atom. The normalized spacial score (nSPS) is 15.4. The van der Waals surface area contributed by atoms with Gasteiger partial charge in [-0.05, 0) is 130 Å². The minimum Gasteiger partial charge on any atom is -0.481 e. The van der Waals surface area contributed by atoms with Crippen molar-refractivity contribution in [1.29, 1.82) is 0 Å². The number of carboxylic acid groups (broad SMARTS) is 2. The number of nitrogens with zero attached hydrogens (tertiary/aromatic N) is 4.